The van der Waals surface area contributed by atoms with E-state index in [2.05, 4.69) is 0 Å². The Bertz CT molecular complexity index is 1340. The zero-order valence-corrected chi connectivity index (χ0v) is 25.4. The molecule has 15 heteroatoms. The van der Waals surface area contributed by atoms with Gasteiger partial charge in [0, 0.05) is 0 Å². The number of carbonyl (C=O) groups excluding carboxylic acids is 2. The first kappa shape index (κ1) is 33.1. The Balaban J connectivity index is 0.000000249. The third-order valence-corrected chi connectivity index (χ3v) is 6.43. The summed E-state index contributed by atoms with van der Waals surface area (Å²) in [7, 11) is 1.26. The van der Waals surface area contributed by atoms with Crippen molar-refractivity contribution in [3.05, 3.63) is 108 Å². The van der Waals surface area contributed by atoms with Gasteiger partial charge in [0.05, 0.1) is 11.1 Å². The van der Waals surface area contributed by atoms with Crippen molar-refractivity contribution >= 4 is 54.8 Å². The fraction of sp³-hybridized carbons (Fsp3) is 0. The van der Waals surface area contributed by atoms with Gasteiger partial charge < -0.3 is 29.0 Å². The van der Waals surface area contributed by atoms with Crippen molar-refractivity contribution in [3.63, 3.8) is 0 Å². The van der Waals surface area contributed by atoms with Crippen LogP contribution in [-0.2, 0) is 30.0 Å². The van der Waals surface area contributed by atoms with Gasteiger partial charge in [0.25, 0.3) is 0 Å². The number of rotatable bonds is 6. The van der Waals surface area contributed by atoms with Crippen LogP contribution in [-0.4, -0.2) is 31.5 Å². The number of hydrogen-bond acceptors (Lipinski definition) is 6. The maximum atomic E-state index is 11.7. The Labute approximate surface area is 241 Å². The molecule has 0 heterocycles. The van der Waals surface area contributed by atoms with Gasteiger partial charge in [0.1, 0.15) is 0 Å². The molecule has 0 unspecified atom stereocenters. The molecule has 0 aliphatic heterocycles. The predicted octanol–water partition coefficient (Wildman–Crippen LogP) is 4.23. The Kier molecular flexibility index (Phi) is 13.2. The van der Waals surface area contributed by atoms with Gasteiger partial charge in [-0.2, -0.15) is 24.3 Å². The predicted molar refractivity (Wildman–Crippen MR) is 142 cm³/mol. The number of benzene rings is 2. The first-order valence-electron chi connectivity index (χ1n) is 10.5. The molecule has 0 bridgehead atoms. The first-order chi connectivity index (χ1) is 18.3. The van der Waals surface area contributed by atoms with Gasteiger partial charge in [-0.25, -0.2) is 9.59 Å². The van der Waals surface area contributed by atoms with Gasteiger partial charge in [-0.05, 0) is 46.4 Å². The number of halogens is 2. The van der Waals surface area contributed by atoms with E-state index in [9.17, 15) is 18.7 Å². The molecule has 10 nitrogen and oxygen atoms in total. The molecule has 0 atom stereocenters. The van der Waals surface area contributed by atoms with Crippen LogP contribution in [0.3, 0.4) is 0 Å². The number of carbonyl (C=O) groups is 2. The van der Waals surface area contributed by atoms with Crippen LogP contribution >= 0.6 is 32.2 Å². The zero-order valence-electron chi connectivity index (χ0n) is 19.6. The number of hydrogen-bond donors (Lipinski definition) is 4. The molecule has 0 aliphatic carbocycles. The van der Waals surface area contributed by atoms with Crippen LogP contribution in [0.15, 0.2) is 97.1 Å². The molecule has 0 saturated carbocycles. The second-order valence-electron chi connectivity index (χ2n) is 7.28. The van der Waals surface area contributed by atoms with E-state index < -0.39 is 48.0 Å². The van der Waals surface area contributed by atoms with Crippen LogP contribution in [0.2, 0.25) is 0 Å². The molecule has 4 rings (SSSR count). The van der Waals surface area contributed by atoms with Crippen molar-refractivity contribution in [2.45, 2.75) is 0 Å². The Morgan fingerprint density at radius 1 is 0.641 bits per heavy atom. The Morgan fingerprint density at radius 2 is 0.949 bits per heavy atom. The number of ether oxygens (including phenoxy) is 2. The van der Waals surface area contributed by atoms with Crippen LogP contribution in [0.5, 0.6) is 11.5 Å². The van der Waals surface area contributed by atoms with E-state index in [1.807, 2.05) is 0 Å². The molecule has 0 spiro atoms. The second kappa shape index (κ2) is 15.6. The van der Waals surface area contributed by atoms with Crippen molar-refractivity contribution in [1.82, 2.24) is 0 Å². The maximum absolute atomic E-state index is 11.7. The minimum atomic E-state index is -4.30. The van der Waals surface area contributed by atoms with E-state index in [-0.39, 0.29) is 22.1 Å². The molecule has 0 radical (unpaired) electrons. The summed E-state index contributed by atoms with van der Waals surface area (Å²) in [5.74, 6) is -0.915. The summed E-state index contributed by atoms with van der Waals surface area (Å²) in [4.78, 5) is 59.0. The first-order valence-corrected chi connectivity index (χ1v) is 20.1. The Hall–Kier alpha value is -2.16. The monoisotopic (exact) mass is 690 g/mol. The van der Waals surface area contributed by atoms with Crippen molar-refractivity contribution in [2.75, 3.05) is 0 Å². The molecule has 4 aromatic rings. The molecule has 4 aromatic carbocycles. The van der Waals surface area contributed by atoms with E-state index in [0.717, 1.165) is 12.1 Å². The Morgan fingerprint density at radius 3 is 1.21 bits per heavy atom. The van der Waals surface area contributed by atoms with Crippen LogP contribution < -0.4 is 20.1 Å². The molecular formula is C24H20Cl2O10P2Zr. The van der Waals surface area contributed by atoms with Gasteiger partial charge in [-0.1, -0.05) is 36.4 Å². The molecule has 0 fully saturated rings. The summed E-state index contributed by atoms with van der Waals surface area (Å²) in [5.41, 5.74) is 0.743. The van der Waals surface area contributed by atoms with E-state index in [1.165, 1.54) is 24.3 Å². The summed E-state index contributed by atoms with van der Waals surface area (Å²) in [6, 6.07) is 24.2. The number of esters is 2. The summed E-state index contributed by atoms with van der Waals surface area (Å²) in [6.45, 7) is 0. The minimum absolute atomic E-state index is 0.113. The molecule has 0 amide bonds. The molecule has 0 aromatic heterocycles. The standard InChI is InChI=1S/2C12H10O5P.2ClH.Zr/c2*13-12(9-4-2-1-3-5-9)17-10-6-7-11(8-10)18(14,15)16;;;/h2*1-8H,(H2,14,15,16);2*1H;/q2*-1;;;+4/p-2. The van der Waals surface area contributed by atoms with Gasteiger partial charge in [0.15, 0.2) is 0 Å². The van der Waals surface area contributed by atoms with Gasteiger partial charge in [-0.3, -0.25) is 9.13 Å². The molecule has 39 heavy (non-hydrogen) atoms. The van der Waals surface area contributed by atoms with E-state index >= 15 is 0 Å². The third kappa shape index (κ3) is 11.5. The average molecular weight is 692 g/mol. The topological polar surface area (TPSA) is 168 Å². The van der Waals surface area contributed by atoms with E-state index in [0.29, 0.717) is 11.1 Å². The molecule has 204 valence electrons. The van der Waals surface area contributed by atoms with Gasteiger partial charge in [-0.15, -0.1) is 12.1 Å². The average Bonchev–Trinajstić information content (AvgIpc) is 3.56. The van der Waals surface area contributed by atoms with Crippen molar-refractivity contribution in [3.8, 4) is 11.5 Å². The fourth-order valence-corrected chi connectivity index (χ4v) is 3.92. The second-order valence-corrected chi connectivity index (χ2v) is 14.2. The molecule has 0 aliphatic rings. The SMILES string of the molecule is O=C(Oc1cc[c-](P(=O)(O)O)c1)c1ccccc1.O=C(Oc1cc[c-](P(=O)(O)O)c1)c1ccccc1.[Cl][Zr+2][Cl]. The van der Waals surface area contributed by atoms with Crippen LogP contribution in [0.1, 0.15) is 20.7 Å². The van der Waals surface area contributed by atoms with Crippen LogP contribution in [0.25, 0.3) is 0 Å². The molecule has 0 saturated heterocycles. The van der Waals surface area contributed by atoms with Gasteiger partial charge >= 0.3 is 65.0 Å². The molecule has 4 N–H and O–H groups in total. The quantitative estimate of drug-likeness (QED) is 0.130. The van der Waals surface area contributed by atoms with Crippen molar-refractivity contribution in [2.24, 2.45) is 0 Å². The van der Waals surface area contributed by atoms with E-state index in [4.69, 9.17) is 46.1 Å². The summed E-state index contributed by atoms with van der Waals surface area (Å²) in [6.07, 6.45) is 0. The third-order valence-electron chi connectivity index (χ3n) is 4.53. The fourth-order valence-electron chi connectivity index (χ4n) is 2.79. The van der Waals surface area contributed by atoms with Crippen LogP contribution in [0, 0.1) is 0 Å². The summed E-state index contributed by atoms with van der Waals surface area (Å²) >= 11 is -0.826. The normalized spacial score (nSPS) is 10.6. The van der Waals surface area contributed by atoms with Crippen molar-refractivity contribution < 1.29 is 68.6 Å². The van der Waals surface area contributed by atoms with Crippen molar-refractivity contribution in [1.29, 1.82) is 0 Å². The summed E-state index contributed by atoms with van der Waals surface area (Å²) < 4.78 is 31.9. The van der Waals surface area contributed by atoms with E-state index in [1.54, 1.807) is 60.7 Å². The summed E-state index contributed by atoms with van der Waals surface area (Å²) in [5, 5.41) is -0.336. The van der Waals surface area contributed by atoms with Crippen LogP contribution in [0.4, 0.5) is 0 Å². The zero-order chi connectivity index (χ0) is 29.1. The van der Waals surface area contributed by atoms with Gasteiger partial charge in [0.2, 0.25) is 0 Å². The molecular weight excluding hydrogens is 672 g/mol.